The van der Waals surface area contributed by atoms with E-state index in [1.165, 1.54) is 5.69 Å². The molecule has 96 valence electrons. The standard InChI is InChI=1S/C11H15N.C4H10O/c1-4-12(10(2)3)11-8-6-5-7-9-11;1-3-5-4-2/h5-9H,2,4H2,1,3H3;3-4H2,1-2H3. The molecule has 0 bridgehead atoms. The molecule has 0 aromatic heterocycles. The SMILES string of the molecule is C=C(C)N(CC)c1ccccc1.CCOCC. The number of allylic oxidation sites excluding steroid dienone is 1. The van der Waals surface area contributed by atoms with Crippen LogP contribution in [0.5, 0.6) is 0 Å². The van der Waals surface area contributed by atoms with Crippen molar-refractivity contribution in [1.29, 1.82) is 0 Å². The second kappa shape index (κ2) is 9.91. The van der Waals surface area contributed by atoms with E-state index < -0.39 is 0 Å². The van der Waals surface area contributed by atoms with Gasteiger partial charge in [-0.25, -0.2) is 0 Å². The van der Waals surface area contributed by atoms with E-state index in [1.54, 1.807) is 0 Å². The number of nitrogens with zero attached hydrogens (tertiary/aromatic N) is 1. The summed E-state index contributed by atoms with van der Waals surface area (Å²) in [6.07, 6.45) is 0. The van der Waals surface area contributed by atoms with Crippen molar-refractivity contribution in [3.63, 3.8) is 0 Å². The zero-order valence-electron chi connectivity index (χ0n) is 11.6. The Hall–Kier alpha value is -1.28. The fraction of sp³-hybridized carbons (Fsp3) is 0.467. The molecule has 0 aliphatic rings. The van der Waals surface area contributed by atoms with Crippen LogP contribution in [0.1, 0.15) is 27.7 Å². The highest BCUT2D eigenvalue weighted by Gasteiger charge is 2.01. The Morgan fingerprint density at radius 3 is 1.94 bits per heavy atom. The quantitative estimate of drug-likeness (QED) is 0.762. The molecule has 0 saturated carbocycles. The van der Waals surface area contributed by atoms with Crippen molar-refractivity contribution in [2.45, 2.75) is 27.7 Å². The number of ether oxygens (including phenoxy) is 1. The van der Waals surface area contributed by atoms with Crippen molar-refractivity contribution >= 4 is 5.69 Å². The second-order valence-corrected chi connectivity index (χ2v) is 3.60. The summed E-state index contributed by atoms with van der Waals surface area (Å²) in [6.45, 7) is 14.7. The molecule has 0 spiro atoms. The van der Waals surface area contributed by atoms with E-state index in [-0.39, 0.29) is 0 Å². The molecule has 1 aromatic rings. The molecule has 0 aliphatic carbocycles. The Balaban J connectivity index is 0.000000437. The molecular weight excluding hydrogens is 210 g/mol. The number of rotatable bonds is 5. The number of hydrogen-bond donors (Lipinski definition) is 0. The van der Waals surface area contributed by atoms with Crippen LogP contribution in [-0.2, 0) is 4.74 Å². The lowest BCUT2D eigenvalue weighted by Gasteiger charge is -2.22. The fourth-order valence-corrected chi connectivity index (χ4v) is 1.48. The van der Waals surface area contributed by atoms with Crippen LogP contribution in [0.25, 0.3) is 0 Å². The first-order chi connectivity index (χ1) is 8.17. The van der Waals surface area contributed by atoms with Gasteiger partial charge in [-0.2, -0.15) is 0 Å². The fourth-order valence-electron chi connectivity index (χ4n) is 1.48. The summed E-state index contributed by atoms with van der Waals surface area (Å²) in [7, 11) is 0. The average molecular weight is 235 g/mol. The van der Waals surface area contributed by atoms with E-state index in [4.69, 9.17) is 4.74 Å². The van der Waals surface area contributed by atoms with Crippen LogP contribution in [0.15, 0.2) is 42.6 Å². The maximum absolute atomic E-state index is 4.83. The van der Waals surface area contributed by atoms with Crippen LogP contribution in [0.2, 0.25) is 0 Å². The van der Waals surface area contributed by atoms with E-state index in [1.807, 2.05) is 39.0 Å². The van der Waals surface area contributed by atoms with E-state index in [9.17, 15) is 0 Å². The van der Waals surface area contributed by atoms with Gasteiger partial charge in [0.05, 0.1) is 0 Å². The van der Waals surface area contributed by atoms with E-state index >= 15 is 0 Å². The second-order valence-electron chi connectivity index (χ2n) is 3.60. The molecule has 1 rings (SSSR count). The molecule has 0 radical (unpaired) electrons. The first-order valence-corrected chi connectivity index (χ1v) is 6.23. The molecule has 0 heterocycles. The van der Waals surface area contributed by atoms with Crippen molar-refractivity contribution in [3.05, 3.63) is 42.6 Å². The average Bonchev–Trinajstić information content (AvgIpc) is 2.33. The number of benzene rings is 1. The van der Waals surface area contributed by atoms with Gasteiger partial charge in [0, 0.05) is 31.1 Å². The molecule has 0 fully saturated rings. The Kier molecular flexibility index (Phi) is 9.17. The van der Waals surface area contributed by atoms with Gasteiger partial charge < -0.3 is 9.64 Å². The largest absolute Gasteiger partial charge is 0.382 e. The van der Waals surface area contributed by atoms with Crippen LogP contribution < -0.4 is 4.90 Å². The first-order valence-electron chi connectivity index (χ1n) is 6.23. The molecule has 0 atom stereocenters. The summed E-state index contributed by atoms with van der Waals surface area (Å²) in [5.74, 6) is 0. The Bertz CT molecular complexity index is 293. The predicted octanol–water partition coefficient (Wildman–Crippen LogP) is 4.09. The highest BCUT2D eigenvalue weighted by atomic mass is 16.5. The van der Waals surface area contributed by atoms with Crippen molar-refractivity contribution in [2.75, 3.05) is 24.7 Å². The normalized spacial score (nSPS) is 9.18. The summed E-state index contributed by atoms with van der Waals surface area (Å²) in [4.78, 5) is 2.18. The van der Waals surface area contributed by atoms with Gasteiger partial charge in [0.2, 0.25) is 0 Å². The molecule has 2 nitrogen and oxygen atoms in total. The van der Waals surface area contributed by atoms with Crippen molar-refractivity contribution in [3.8, 4) is 0 Å². The van der Waals surface area contributed by atoms with Gasteiger partial charge in [0.15, 0.2) is 0 Å². The molecule has 2 heteroatoms. The van der Waals surface area contributed by atoms with Crippen LogP contribution >= 0.6 is 0 Å². The third-order valence-electron chi connectivity index (χ3n) is 2.25. The van der Waals surface area contributed by atoms with Gasteiger partial charge in [0.1, 0.15) is 0 Å². The van der Waals surface area contributed by atoms with Gasteiger partial charge in [-0.05, 0) is 39.8 Å². The summed E-state index contributed by atoms with van der Waals surface area (Å²) >= 11 is 0. The lowest BCUT2D eigenvalue weighted by molar-refractivity contribution is 0.162. The molecule has 0 saturated heterocycles. The Morgan fingerprint density at radius 2 is 1.65 bits per heavy atom. The summed E-state index contributed by atoms with van der Waals surface area (Å²) in [5.41, 5.74) is 2.30. The number of hydrogen-bond acceptors (Lipinski definition) is 2. The molecular formula is C15H25NO. The highest BCUT2D eigenvalue weighted by molar-refractivity contribution is 5.50. The summed E-state index contributed by atoms with van der Waals surface area (Å²) < 4.78 is 4.83. The van der Waals surface area contributed by atoms with Gasteiger partial charge in [-0.15, -0.1) is 0 Å². The molecule has 17 heavy (non-hydrogen) atoms. The van der Waals surface area contributed by atoms with Gasteiger partial charge in [-0.3, -0.25) is 0 Å². The van der Waals surface area contributed by atoms with Crippen LogP contribution in [-0.4, -0.2) is 19.8 Å². The van der Waals surface area contributed by atoms with Gasteiger partial charge in [0.25, 0.3) is 0 Å². The molecule has 0 N–H and O–H groups in total. The third kappa shape index (κ3) is 6.80. The monoisotopic (exact) mass is 235 g/mol. The molecule has 0 aliphatic heterocycles. The lowest BCUT2D eigenvalue weighted by atomic mass is 10.3. The maximum atomic E-state index is 4.83. The zero-order chi connectivity index (χ0) is 13.1. The highest BCUT2D eigenvalue weighted by Crippen LogP contribution is 2.16. The van der Waals surface area contributed by atoms with E-state index in [0.29, 0.717) is 0 Å². The minimum absolute atomic E-state index is 0.844. The molecule has 0 amide bonds. The van der Waals surface area contributed by atoms with Crippen molar-refractivity contribution in [1.82, 2.24) is 0 Å². The Labute approximate surface area is 106 Å². The number of para-hydroxylation sites is 1. The zero-order valence-corrected chi connectivity index (χ0v) is 11.6. The molecule has 0 unspecified atom stereocenters. The van der Waals surface area contributed by atoms with Gasteiger partial charge >= 0.3 is 0 Å². The van der Waals surface area contributed by atoms with Crippen molar-refractivity contribution in [2.24, 2.45) is 0 Å². The van der Waals surface area contributed by atoms with E-state index in [0.717, 1.165) is 25.5 Å². The maximum Gasteiger partial charge on any atom is 0.0437 e. The summed E-state index contributed by atoms with van der Waals surface area (Å²) in [6, 6.07) is 10.3. The smallest absolute Gasteiger partial charge is 0.0437 e. The van der Waals surface area contributed by atoms with Crippen molar-refractivity contribution < 1.29 is 4.74 Å². The third-order valence-corrected chi connectivity index (χ3v) is 2.25. The van der Waals surface area contributed by atoms with Crippen LogP contribution in [0.4, 0.5) is 5.69 Å². The Morgan fingerprint density at radius 1 is 1.12 bits per heavy atom. The number of anilines is 1. The van der Waals surface area contributed by atoms with Crippen LogP contribution in [0, 0.1) is 0 Å². The minimum Gasteiger partial charge on any atom is -0.382 e. The lowest BCUT2D eigenvalue weighted by Crippen LogP contribution is -2.18. The minimum atomic E-state index is 0.844. The van der Waals surface area contributed by atoms with Crippen LogP contribution in [0.3, 0.4) is 0 Å². The topological polar surface area (TPSA) is 12.5 Å². The van der Waals surface area contributed by atoms with Gasteiger partial charge in [-0.1, -0.05) is 24.8 Å². The predicted molar refractivity (Wildman–Crippen MR) is 76.4 cm³/mol. The molecule has 1 aromatic carbocycles. The van der Waals surface area contributed by atoms with E-state index in [2.05, 4.69) is 30.5 Å². The summed E-state index contributed by atoms with van der Waals surface area (Å²) in [5, 5.41) is 0. The first kappa shape index (κ1) is 15.7.